The van der Waals surface area contributed by atoms with Gasteiger partial charge in [0, 0.05) is 19.7 Å². The molecule has 1 saturated heterocycles. The molecule has 0 radical (unpaired) electrons. The van der Waals surface area contributed by atoms with Gasteiger partial charge in [-0.1, -0.05) is 0 Å². The lowest BCUT2D eigenvalue weighted by atomic mass is 10.1. The first-order chi connectivity index (χ1) is 13.7. The Morgan fingerprint density at radius 3 is 2.79 bits per heavy atom. The Labute approximate surface area is 169 Å². The standard InChI is InChI=1S/C19H27FN4O5/c1-13(5-6-22(2)3)29-17-10-16(15(20)9-14(17)19(26)27)23(4)21-18-11-28-8-7-24(18)12-25/h9-10,12-13H,5-8,11H2,1-4H3,(H,26,27)/b21-18-. The van der Waals surface area contributed by atoms with E-state index in [4.69, 9.17) is 9.47 Å². The van der Waals surface area contributed by atoms with Crippen molar-refractivity contribution in [2.24, 2.45) is 5.10 Å². The van der Waals surface area contributed by atoms with Gasteiger partial charge in [-0.15, -0.1) is 0 Å². The van der Waals surface area contributed by atoms with E-state index in [9.17, 15) is 19.1 Å². The smallest absolute Gasteiger partial charge is 0.339 e. The van der Waals surface area contributed by atoms with Gasteiger partial charge >= 0.3 is 5.97 Å². The van der Waals surface area contributed by atoms with Crippen molar-refractivity contribution in [1.82, 2.24) is 9.80 Å². The van der Waals surface area contributed by atoms with Gasteiger partial charge in [-0.05, 0) is 33.5 Å². The lowest BCUT2D eigenvalue weighted by Gasteiger charge is -2.27. The third-order valence-electron chi connectivity index (χ3n) is 4.37. The molecular formula is C19H27FN4O5. The molecule has 0 aromatic heterocycles. The maximum absolute atomic E-state index is 14.6. The minimum absolute atomic E-state index is 0.0220. The van der Waals surface area contributed by atoms with Gasteiger partial charge in [0.2, 0.25) is 6.41 Å². The average Bonchev–Trinajstić information content (AvgIpc) is 2.67. The Bertz CT molecular complexity index is 771. The van der Waals surface area contributed by atoms with Crippen LogP contribution in [0.2, 0.25) is 0 Å². The van der Waals surface area contributed by atoms with E-state index in [2.05, 4.69) is 5.10 Å². The van der Waals surface area contributed by atoms with Crippen molar-refractivity contribution < 1.29 is 28.6 Å². The summed E-state index contributed by atoms with van der Waals surface area (Å²) in [4.78, 5) is 26.1. The first-order valence-electron chi connectivity index (χ1n) is 9.22. The number of carboxylic acids is 1. The molecule has 1 fully saturated rings. The molecule has 1 aromatic rings. The Balaban J connectivity index is 2.31. The number of carbonyl (C=O) groups is 2. The zero-order valence-electron chi connectivity index (χ0n) is 17.1. The molecule has 1 unspecified atom stereocenters. The molecule has 0 saturated carbocycles. The molecule has 9 nitrogen and oxygen atoms in total. The average molecular weight is 410 g/mol. The third kappa shape index (κ3) is 6.13. The van der Waals surface area contributed by atoms with Crippen molar-refractivity contribution in [1.29, 1.82) is 0 Å². The summed E-state index contributed by atoms with van der Waals surface area (Å²) in [7, 11) is 5.36. The van der Waals surface area contributed by atoms with Crippen molar-refractivity contribution in [3.8, 4) is 5.75 Å². The van der Waals surface area contributed by atoms with Crippen LogP contribution in [0.15, 0.2) is 17.2 Å². The number of hydrogen-bond donors (Lipinski definition) is 1. The van der Waals surface area contributed by atoms with Crippen molar-refractivity contribution in [2.75, 3.05) is 52.5 Å². The second-order valence-corrected chi connectivity index (χ2v) is 7.02. The Hall–Kier alpha value is -2.72. The fourth-order valence-electron chi connectivity index (χ4n) is 2.74. The molecule has 0 spiro atoms. The first kappa shape index (κ1) is 22.6. The topological polar surface area (TPSA) is 94.9 Å². The third-order valence-corrected chi connectivity index (χ3v) is 4.37. The number of halogens is 1. The monoisotopic (exact) mass is 410 g/mol. The van der Waals surface area contributed by atoms with E-state index < -0.39 is 11.8 Å². The molecule has 0 bridgehead atoms. The number of amidine groups is 1. The van der Waals surface area contributed by atoms with E-state index in [1.807, 2.05) is 25.9 Å². The molecule has 1 atom stereocenters. The number of hydrazone groups is 1. The van der Waals surface area contributed by atoms with Crippen LogP contribution in [0.5, 0.6) is 5.75 Å². The van der Waals surface area contributed by atoms with E-state index in [0.717, 1.165) is 12.6 Å². The molecule has 1 N–H and O–H groups in total. The van der Waals surface area contributed by atoms with Gasteiger partial charge in [0.15, 0.2) is 5.84 Å². The minimum atomic E-state index is -1.29. The van der Waals surface area contributed by atoms with Crippen molar-refractivity contribution in [2.45, 2.75) is 19.4 Å². The number of ether oxygens (including phenoxy) is 2. The number of carboxylic acid groups (broad SMARTS) is 1. The van der Waals surface area contributed by atoms with E-state index in [0.29, 0.717) is 31.8 Å². The number of nitrogens with zero attached hydrogens (tertiary/aromatic N) is 4. The highest BCUT2D eigenvalue weighted by Gasteiger charge is 2.22. The quantitative estimate of drug-likeness (QED) is 0.487. The molecule has 160 valence electrons. The lowest BCUT2D eigenvalue weighted by molar-refractivity contribution is -0.116. The highest BCUT2D eigenvalue weighted by Crippen LogP contribution is 2.30. The van der Waals surface area contributed by atoms with Gasteiger partial charge < -0.3 is 19.5 Å². The predicted molar refractivity (Wildman–Crippen MR) is 106 cm³/mol. The normalized spacial score (nSPS) is 16.8. The molecule has 1 aromatic carbocycles. The van der Waals surface area contributed by atoms with Crippen LogP contribution in [-0.2, 0) is 9.53 Å². The van der Waals surface area contributed by atoms with Crippen LogP contribution in [-0.4, -0.2) is 86.7 Å². The number of carbonyl (C=O) groups excluding carboxylic acids is 1. The molecular weight excluding hydrogens is 383 g/mol. The largest absolute Gasteiger partial charge is 0.490 e. The van der Waals surface area contributed by atoms with Gasteiger partial charge in [0.25, 0.3) is 0 Å². The maximum Gasteiger partial charge on any atom is 0.339 e. The summed E-state index contributed by atoms with van der Waals surface area (Å²) in [5.74, 6) is -1.67. The molecule has 1 aliphatic heterocycles. The Morgan fingerprint density at radius 2 is 2.17 bits per heavy atom. The number of aromatic carboxylic acids is 1. The van der Waals surface area contributed by atoms with Gasteiger partial charge in [-0.3, -0.25) is 14.7 Å². The molecule has 2 rings (SSSR count). The number of rotatable bonds is 9. The highest BCUT2D eigenvalue weighted by atomic mass is 19.1. The fourth-order valence-corrected chi connectivity index (χ4v) is 2.74. The van der Waals surface area contributed by atoms with Crippen LogP contribution in [0.4, 0.5) is 10.1 Å². The Morgan fingerprint density at radius 1 is 1.45 bits per heavy atom. The van der Waals surface area contributed by atoms with E-state index in [-0.39, 0.29) is 29.7 Å². The van der Waals surface area contributed by atoms with Crippen LogP contribution < -0.4 is 9.75 Å². The van der Waals surface area contributed by atoms with Crippen molar-refractivity contribution in [3.63, 3.8) is 0 Å². The first-order valence-corrected chi connectivity index (χ1v) is 9.22. The molecule has 1 heterocycles. The van der Waals surface area contributed by atoms with E-state index in [1.54, 1.807) is 0 Å². The van der Waals surface area contributed by atoms with Crippen LogP contribution in [0.25, 0.3) is 0 Å². The summed E-state index contributed by atoms with van der Waals surface area (Å²) in [6.07, 6.45) is 1.03. The second kappa shape index (κ2) is 10.2. The Kier molecular flexibility index (Phi) is 7.91. The van der Waals surface area contributed by atoms with Crippen molar-refractivity contribution >= 4 is 23.9 Å². The van der Waals surface area contributed by atoms with E-state index >= 15 is 0 Å². The second-order valence-electron chi connectivity index (χ2n) is 7.02. The molecule has 29 heavy (non-hydrogen) atoms. The summed E-state index contributed by atoms with van der Waals surface area (Å²) in [6.45, 7) is 3.44. The zero-order valence-corrected chi connectivity index (χ0v) is 17.1. The number of amides is 1. The number of anilines is 1. The van der Waals surface area contributed by atoms with Crippen LogP contribution in [0, 0.1) is 5.82 Å². The zero-order chi connectivity index (χ0) is 21.6. The van der Waals surface area contributed by atoms with Gasteiger partial charge in [-0.2, -0.15) is 5.10 Å². The predicted octanol–water partition coefficient (Wildman–Crippen LogP) is 1.48. The summed E-state index contributed by atoms with van der Waals surface area (Å²) in [5, 5.41) is 14.9. The molecule has 0 aliphatic carbocycles. The van der Waals surface area contributed by atoms with Crippen LogP contribution in [0.1, 0.15) is 23.7 Å². The van der Waals surface area contributed by atoms with E-state index in [1.165, 1.54) is 23.0 Å². The highest BCUT2D eigenvalue weighted by molar-refractivity contribution is 5.93. The van der Waals surface area contributed by atoms with Crippen molar-refractivity contribution in [3.05, 3.63) is 23.5 Å². The number of benzene rings is 1. The van der Waals surface area contributed by atoms with Gasteiger partial charge in [-0.25, -0.2) is 9.18 Å². The SMILES string of the molecule is CC(CCN(C)C)Oc1cc(N(C)/N=C2/COCCN2C=O)c(F)cc1C(=O)O. The summed E-state index contributed by atoms with van der Waals surface area (Å²) in [5.41, 5.74) is -0.242. The number of morpholine rings is 1. The minimum Gasteiger partial charge on any atom is -0.490 e. The maximum atomic E-state index is 14.6. The summed E-state index contributed by atoms with van der Waals surface area (Å²) in [6, 6.07) is 2.22. The molecule has 1 aliphatic rings. The summed E-state index contributed by atoms with van der Waals surface area (Å²) < 4.78 is 25.7. The van der Waals surface area contributed by atoms with Crippen LogP contribution >= 0.6 is 0 Å². The van der Waals surface area contributed by atoms with Gasteiger partial charge in [0.05, 0.1) is 24.9 Å². The van der Waals surface area contributed by atoms with Crippen LogP contribution in [0.3, 0.4) is 0 Å². The number of hydrogen-bond acceptors (Lipinski definition) is 7. The molecule has 10 heteroatoms. The van der Waals surface area contributed by atoms with Gasteiger partial charge in [0.1, 0.15) is 23.7 Å². The lowest BCUT2D eigenvalue weighted by Crippen LogP contribution is -2.42. The molecule has 1 amide bonds. The summed E-state index contributed by atoms with van der Waals surface area (Å²) >= 11 is 0. The fraction of sp³-hybridized carbons (Fsp3) is 0.526.